The molecule has 164 valence electrons. The van der Waals surface area contributed by atoms with E-state index in [-0.39, 0.29) is 34.2 Å². The van der Waals surface area contributed by atoms with E-state index in [9.17, 15) is 24.5 Å². The molecule has 0 atom stereocenters. The zero-order valence-corrected chi connectivity index (χ0v) is 17.0. The maximum Gasteiger partial charge on any atom is 0.349 e. The van der Waals surface area contributed by atoms with E-state index in [1.54, 1.807) is 6.07 Å². The molecule has 0 bridgehead atoms. The van der Waals surface area contributed by atoms with Crippen molar-refractivity contribution in [3.8, 4) is 5.75 Å². The molecule has 1 aliphatic carbocycles. The average molecular weight is 436 g/mol. The minimum Gasteiger partial charge on any atom is -0.423 e. The molecule has 0 unspecified atom stereocenters. The molecule has 0 spiro atoms. The van der Waals surface area contributed by atoms with E-state index in [0.717, 1.165) is 38.2 Å². The number of non-ortho nitro benzene ring substituents is 1. The first-order valence-electron chi connectivity index (χ1n) is 10.3. The second kappa shape index (κ2) is 9.01. The predicted molar refractivity (Wildman–Crippen MR) is 115 cm³/mol. The van der Waals surface area contributed by atoms with Crippen LogP contribution < -0.4 is 15.7 Å². The minimum atomic E-state index is -0.793. The van der Waals surface area contributed by atoms with Crippen LogP contribution in [-0.4, -0.2) is 22.8 Å². The van der Waals surface area contributed by atoms with Crippen LogP contribution in [0.15, 0.2) is 57.7 Å². The molecule has 0 radical (unpaired) electrons. The number of nitro benzene ring substituents is 1. The van der Waals surface area contributed by atoms with Crippen LogP contribution in [0.4, 0.5) is 5.69 Å². The van der Waals surface area contributed by atoms with Crippen LogP contribution in [0.25, 0.3) is 11.0 Å². The molecule has 1 aliphatic rings. The van der Waals surface area contributed by atoms with Crippen LogP contribution in [0.5, 0.6) is 5.75 Å². The monoisotopic (exact) mass is 436 g/mol. The summed E-state index contributed by atoms with van der Waals surface area (Å²) in [4.78, 5) is 47.5. The summed E-state index contributed by atoms with van der Waals surface area (Å²) in [5.41, 5.74) is -0.940. The summed E-state index contributed by atoms with van der Waals surface area (Å²) in [6.07, 6.45) is 5.04. The Bertz CT molecular complexity index is 1260. The first-order chi connectivity index (χ1) is 15.4. The molecule has 1 aromatic heterocycles. The Hall–Kier alpha value is -4.01. The van der Waals surface area contributed by atoms with Gasteiger partial charge in [0.2, 0.25) is 0 Å². The second-order valence-corrected chi connectivity index (χ2v) is 7.65. The first-order valence-corrected chi connectivity index (χ1v) is 10.3. The van der Waals surface area contributed by atoms with Crippen LogP contribution in [0, 0.1) is 10.1 Å². The van der Waals surface area contributed by atoms with Gasteiger partial charge in [0.05, 0.1) is 10.5 Å². The van der Waals surface area contributed by atoms with Crippen molar-refractivity contribution in [3.63, 3.8) is 0 Å². The Morgan fingerprint density at radius 3 is 2.59 bits per heavy atom. The quantitative estimate of drug-likeness (QED) is 0.210. The molecule has 4 rings (SSSR count). The van der Waals surface area contributed by atoms with Gasteiger partial charge >= 0.3 is 11.6 Å². The van der Waals surface area contributed by atoms with Crippen LogP contribution in [0.1, 0.15) is 52.8 Å². The lowest BCUT2D eigenvalue weighted by molar-refractivity contribution is -0.384. The molecule has 9 nitrogen and oxygen atoms in total. The van der Waals surface area contributed by atoms with Crippen molar-refractivity contribution in [2.75, 3.05) is 0 Å². The summed E-state index contributed by atoms with van der Waals surface area (Å²) in [6.45, 7) is 0. The van der Waals surface area contributed by atoms with Crippen LogP contribution in [-0.2, 0) is 0 Å². The van der Waals surface area contributed by atoms with Crippen molar-refractivity contribution >= 4 is 28.5 Å². The average Bonchev–Trinajstić information content (AvgIpc) is 2.79. The number of hydrogen-bond acceptors (Lipinski definition) is 7. The van der Waals surface area contributed by atoms with Crippen molar-refractivity contribution in [2.24, 2.45) is 0 Å². The van der Waals surface area contributed by atoms with E-state index >= 15 is 0 Å². The van der Waals surface area contributed by atoms with Gasteiger partial charge in [-0.3, -0.25) is 14.9 Å². The number of benzene rings is 2. The third kappa shape index (κ3) is 4.66. The zero-order valence-electron chi connectivity index (χ0n) is 17.0. The van der Waals surface area contributed by atoms with E-state index in [2.05, 4.69) is 5.32 Å². The highest BCUT2D eigenvalue weighted by molar-refractivity contribution is 5.97. The summed E-state index contributed by atoms with van der Waals surface area (Å²) < 4.78 is 10.5. The summed E-state index contributed by atoms with van der Waals surface area (Å²) in [7, 11) is 0. The predicted octanol–water partition coefficient (Wildman–Crippen LogP) is 3.98. The van der Waals surface area contributed by atoms with Gasteiger partial charge in [0.15, 0.2) is 0 Å². The molecule has 3 aromatic rings. The van der Waals surface area contributed by atoms with Gasteiger partial charge < -0.3 is 14.5 Å². The molecule has 1 N–H and O–H groups in total. The number of carbonyl (C=O) groups is 2. The maximum absolute atomic E-state index is 12.5. The van der Waals surface area contributed by atoms with Gasteiger partial charge in [-0.2, -0.15) is 0 Å². The molecule has 2 aromatic carbocycles. The number of ether oxygens (including phenoxy) is 1. The normalized spacial score (nSPS) is 14.1. The minimum absolute atomic E-state index is 0.00970. The number of nitrogens with zero attached hydrogens (tertiary/aromatic N) is 1. The van der Waals surface area contributed by atoms with Crippen molar-refractivity contribution < 1.29 is 23.7 Å². The Morgan fingerprint density at radius 2 is 1.84 bits per heavy atom. The SMILES string of the molecule is O=C(Oc1ccc2cc(C(=O)NC3CCCCC3)c(=O)oc2c1)c1cccc([N+](=O)[O-])c1. The zero-order chi connectivity index (χ0) is 22.7. The van der Waals surface area contributed by atoms with E-state index in [1.165, 1.54) is 36.4 Å². The molecule has 1 saturated carbocycles. The fraction of sp³-hybridized carbons (Fsp3) is 0.261. The Labute approximate surface area is 182 Å². The summed E-state index contributed by atoms with van der Waals surface area (Å²) in [6, 6.07) is 11.1. The van der Waals surface area contributed by atoms with Crippen LogP contribution in [0.3, 0.4) is 0 Å². The van der Waals surface area contributed by atoms with E-state index in [4.69, 9.17) is 9.15 Å². The number of nitrogens with one attached hydrogen (secondary N) is 1. The van der Waals surface area contributed by atoms with Crippen LogP contribution >= 0.6 is 0 Å². The second-order valence-electron chi connectivity index (χ2n) is 7.65. The Morgan fingerprint density at radius 1 is 1.06 bits per heavy atom. The number of carbonyl (C=O) groups excluding carboxylic acids is 2. The highest BCUT2D eigenvalue weighted by Crippen LogP contribution is 2.23. The topological polar surface area (TPSA) is 129 Å². The van der Waals surface area contributed by atoms with Gasteiger partial charge in [-0.05, 0) is 37.1 Å². The molecule has 9 heteroatoms. The number of amides is 1. The highest BCUT2D eigenvalue weighted by Gasteiger charge is 2.20. The lowest BCUT2D eigenvalue weighted by Gasteiger charge is -2.22. The van der Waals surface area contributed by atoms with Gasteiger partial charge in [-0.15, -0.1) is 0 Å². The van der Waals surface area contributed by atoms with Gasteiger partial charge in [0.25, 0.3) is 11.6 Å². The summed E-state index contributed by atoms with van der Waals surface area (Å²) in [5, 5.41) is 14.3. The molecular formula is C23H20N2O7. The lowest BCUT2D eigenvalue weighted by atomic mass is 9.95. The van der Waals surface area contributed by atoms with Gasteiger partial charge in [0, 0.05) is 29.6 Å². The Balaban J connectivity index is 1.53. The summed E-state index contributed by atoms with van der Waals surface area (Å²) in [5.74, 6) is -1.16. The molecule has 0 aliphatic heterocycles. The highest BCUT2D eigenvalue weighted by atomic mass is 16.6. The number of esters is 1. The number of hydrogen-bond donors (Lipinski definition) is 1. The van der Waals surface area contributed by atoms with Gasteiger partial charge in [-0.1, -0.05) is 25.3 Å². The third-order valence-electron chi connectivity index (χ3n) is 5.40. The fourth-order valence-electron chi connectivity index (χ4n) is 3.74. The van der Waals surface area contributed by atoms with E-state index in [1.807, 2.05) is 0 Å². The van der Waals surface area contributed by atoms with Gasteiger partial charge in [0.1, 0.15) is 16.9 Å². The maximum atomic E-state index is 12.5. The lowest BCUT2D eigenvalue weighted by Crippen LogP contribution is -2.38. The van der Waals surface area contributed by atoms with Crippen molar-refractivity contribution in [1.82, 2.24) is 5.32 Å². The third-order valence-corrected chi connectivity index (χ3v) is 5.40. The number of nitro groups is 1. The standard InChI is InChI=1S/C23H20N2O7/c26-21(24-16-6-2-1-3-7-16)19-12-14-9-10-18(13-20(14)32-23(19)28)31-22(27)15-5-4-8-17(11-15)25(29)30/h4-5,8-13,16H,1-3,6-7H2,(H,24,26). The largest absolute Gasteiger partial charge is 0.423 e. The molecule has 1 fully saturated rings. The van der Waals surface area contributed by atoms with E-state index in [0.29, 0.717) is 5.39 Å². The molecular weight excluding hydrogens is 416 g/mol. The van der Waals surface area contributed by atoms with E-state index < -0.39 is 22.4 Å². The molecule has 32 heavy (non-hydrogen) atoms. The van der Waals surface area contributed by atoms with Crippen molar-refractivity contribution in [1.29, 1.82) is 0 Å². The first kappa shape index (κ1) is 21.2. The summed E-state index contributed by atoms with van der Waals surface area (Å²) >= 11 is 0. The van der Waals surface area contributed by atoms with Gasteiger partial charge in [-0.25, -0.2) is 9.59 Å². The number of rotatable bonds is 5. The van der Waals surface area contributed by atoms with Crippen molar-refractivity contribution in [2.45, 2.75) is 38.1 Å². The Kier molecular flexibility index (Phi) is 5.98. The smallest absolute Gasteiger partial charge is 0.349 e. The fourth-order valence-corrected chi connectivity index (χ4v) is 3.74. The molecule has 0 saturated heterocycles. The van der Waals surface area contributed by atoms with Crippen LogP contribution in [0.2, 0.25) is 0 Å². The van der Waals surface area contributed by atoms with Crippen molar-refractivity contribution in [3.05, 3.63) is 80.2 Å². The molecule has 1 heterocycles. The molecule has 1 amide bonds. The number of fused-ring (bicyclic) bond motifs is 1.